The third kappa shape index (κ3) is 17.3. The molecule has 5 rings (SSSR count). The van der Waals surface area contributed by atoms with Gasteiger partial charge in [-0.05, 0) is 72.4 Å². The SMILES string of the molecule is CO/N=C1\C[C@@H](C)O[C@@H](O[C@@H]2[C@@H](C)[C@H](O[C@H]3C[C@H](C)N(C)C[C@H](C)O3)[C@@H](C)C(=O)O[C@H](C(C)CO[C@@H]3O[C@H](C)[C@@H](O)[C@@H](OC)[C@H]3OC)[C@H](C)[C@@H](OC(=O)CC(C)C)[C@@H](C)C(=O)[C@@](C)(OC(=O)NCc3ccccc3)C[C@@H]2C)[C@@H]1O. The predicted octanol–water partition coefficient (Wildman–Crippen LogP) is 6.21. The average Bonchev–Trinajstić information content (AvgIpc) is 3.55. The molecule has 3 N–H and O–H groups in total. The smallest absolute Gasteiger partial charge is 0.408 e. The first-order chi connectivity index (χ1) is 37.2. The van der Waals surface area contributed by atoms with E-state index >= 15 is 9.59 Å². The molecular formula is C58H95N3O18. The molecule has 0 aromatic heterocycles. The van der Waals surface area contributed by atoms with Crippen molar-refractivity contribution >= 4 is 29.5 Å². The fourth-order valence-electron chi connectivity index (χ4n) is 11.8. The highest BCUT2D eigenvalue weighted by Gasteiger charge is 2.53. The minimum Gasteiger partial charge on any atom is -0.461 e. The maximum absolute atomic E-state index is 15.8. The number of esters is 2. The summed E-state index contributed by atoms with van der Waals surface area (Å²) in [6.07, 6.45) is -13.5. The van der Waals surface area contributed by atoms with E-state index in [0.717, 1.165) is 5.56 Å². The Hall–Kier alpha value is -3.87. The van der Waals surface area contributed by atoms with E-state index in [1.807, 2.05) is 78.9 Å². The number of hydrogen-bond acceptors (Lipinski definition) is 20. The number of carbonyl (C=O) groups excluding carboxylic acids is 4. The maximum atomic E-state index is 15.8. The molecule has 1 amide bonds. The number of Topliss-reactive ketones (excluding diaryl/α,β-unsaturated/α-hetero) is 1. The summed E-state index contributed by atoms with van der Waals surface area (Å²) in [5.41, 5.74) is -0.873. The van der Waals surface area contributed by atoms with Crippen LogP contribution in [0.1, 0.15) is 121 Å². The first-order valence-electron chi connectivity index (χ1n) is 28.3. The van der Waals surface area contributed by atoms with Gasteiger partial charge < -0.3 is 77.4 Å². The van der Waals surface area contributed by atoms with Gasteiger partial charge in [-0.1, -0.05) is 84.0 Å². The highest BCUT2D eigenvalue weighted by atomic mass is 16.7. The van der Waals surface area contributed by atoms with Gasteiger partial charge in [-0.15, -0.1) is 0 Å². The number of nitrogens with zero attached hydrogens (tertiary/aromatic N) is 2. The molecule has 0 bridgehead atoms. The molecule has 4 saturated heterocycles. The number of likely N-dealkylation sites (N-methyl/N-ethyl adjacent to an activating group) is 1. The lowest BCUT2D eigenvalue weighted by Gasteiger charge is -2.45. The number of amides is 1. The number of rotatable bonds is 17. The van der Waals surface area contributed by atoms with E-state index in [9.17, 15) is 19.8 Å². The van der Waals surface area contributed by atoms with Crippen molar-refractivity contribution in [2.75, 3.05) is 41.5 Å². The van der Waals surface area contributed by atoms with Crippen LogP contribution in [0.4, 0.5) is 4.79 Å². The zero-order valence-corrected chi connectivity index (χ0v) is 49.9. The zero-order chi connectivity index (χ0) is 58.6. The highest BCUT2D eigenvalue weighted by molar-refractivity contribution is 5.91. The van der Waals surface area contributed by atoms with Crippen LogP contribution < -0.4 is 5.32 Å². The summed E-state index contributed by atoms with van der Waals surface area (Å²) in [5, 5.41) is 29.7. The van der Waals surface area contributed by atoms with Gasteiger partial charge in [0.05, 0.1) is 54.7 Å². The van der Waals surface area contributed by atoms with Gasteiger partial charge in [-0.2, -0.15) is 0 Å². The third-order valence-corrected chi connectivity index (χ3v) is 16.2. The van der Waals surface area contributed by atoms with Crippen LogP contribution in [0, 0.1) is 41.4 Å². The second kappa shape index (κ2) is 29.9. The van der Waals surface area contributed by atoms with Gasteiger partial charge in [0.1, 0.15) is 43.7 Å². The first kappa shape index (κ1) is 65.9. The summed E-state index contributed by atoms with van der Waals surface area (Å²) < 4.78 is 70.4. The molecule has 0 aliphatic carbocycles. The predicted molar refractivity (Wildman–Crippen MR) is 290 cm³/mol. The van der Waals surface area contributed by atoms with Crippen LogP contribution in [0.5, 0.6) is 0 Å². The number of alkyl carbamates (subject to hydrolysis) is 1. The van der Waals surface area contributed by atoms with Gasteiger partial charge in [0.15, 0.2) is 30.3 Å². The molecule has 4 heterocycles. The van der Waals surface area contributed by atoms with E-state index in [-0.39, 0.29) is 56.2 Å². The molecular weight excluding hydrogens is 1030 g/mol. The Morgan fingerprint density at radius 2 is 1.49 bits per heavy atom. The van der Waals surface area contributed by atoms with Crippen molar-refractivity contribution in [2.24, 2.45) is 46.6 Å². The number of ketones is 1. The summed E-state index contributed by atoms with van der Waals surface area (Å²) >= 11 is 0. The number of aliphatic hydroxyl groups excluding tert-OH is 2. The Morgan fingerprint density at radius 1 is 0.823 bits per heavy atom. The van der Waals surface area contributed by atoms with E-state index in [2.05, 4.69) is 22.3 Å². The van der Waals surface area contributed by atoms with E-state index < -0.39 is 145 Å². The molecule has 79 heavy (non-hydrogen) atoms. The number of methoxy groups -OCH3 is 2. The maximum Gasteiger partial charge on any atom is 0.408 e. The molecule has 1 unspecified atom stereocenters. The largest absolute Gasteiger partial charge is 0.461 e. The normalized spacial score (nSPS) is 39.5. The van der Waals surface area contributed by atoms with Crippen molar-refractivity contribution in [1.82, 2.24) is 10.2 Å². The molecule has 4 aliphatic heterocycles. The van der Waals surface area contributed by atoms with E-state index in [4.69, 9.17) is 56.9 Å². The Morgan fingerprint density at radius 3 is 2.13 bits per heavy atom. The number of aliphatic hydroxyl groups is 2. The van der Waals surface area contributed by atoms with Crippen molar-refractivity contribution < 1.29 is 86.3 Å². The standard InChI is InChI=1S/C58H95N3O18/c1-30(2)23-43(62)75-49-37(9)48(32(4)29-71-56-52(69-16)51(68-15)45(63)40(12)74-56)77-54(66)39(11)50(76-44-24-33(5)61(14)28-35(7)72-44)36(8)47(78-55-46(64)42(60-70-17)25-34(6)73-55)31(3)26-58(13,53(65)38(49)10)79-57(67)59-27-41-21-19-18-20-22-41/h18-22,30-40,44-52,55-56,63-64H,23-29H2,1-17H3,(H,59,67)/b60-42+/t31-,32?,33-,34+,35-,36+,37-,38+,39+,40+,44-,45+,46+,47-,48+,49+,50-,51+,52+,55-,56+,58-/m0/s1. The highest BCUT2D eigenvalue weighted by Crippen LogP contribution is 2.40. The minimum atomic E-state index is -1.95. The lowest BCUT2D eigenvalue weighted by atomic mass is 9.74. The number of cyclic esters (lactones) is 1. The lowest BCUT2D eigenvalue weighted by molar-refractivity contribution is -0.305. The first-order valence-corrected chi connectivity index (χ1v) is 28.3. The second-order valence-corrected chi connectivity index (χ2v) is 23.5. The molecule has 4 fully saturated rings. The van der Waals surface area contributed by atoms with Gasteiger partial charge in [0.25, 0.3) is 0 Å². The van der Waals surface area contributed by atoms with E-state index in [1.165, 1.54) is 28.3 Å². The summed E-state index contributed by atoms with van der Waals surface area (Å²) in [5.74, 6) is -7.37. The van der Waals surface area contributed by atoms with Crippen LogP contribution in [0.25, 0.3) is 0 Å². The van der Waals surface area contributed by atoms with Crippen molar-refractivity contribution in [3.05, 3.63) is 35.9 Å². The van der Waals surface area contributed by atoms with Crippen LogP contribution in [-0.2, 0) is 77.9 Å². The van der Waals surface area contributed by atoms with Crippen molar-refractivity contribution in [3.63, 3.8) is 0 Å². The topological polar surface area (TPSA) is 247 Å². The van der Waals surface area contributed by atoms with Crippen LogP contribution in [0.15, 0.2) is 35.5 Å². The molecule has 21 heteroatoms. The van der Waals surface area contributed by atoms with Crippen molar-refractivity contribution in [3.8, 4) is 0 Å². The summed E-state index contributed by atoms with van der Waals surface area (Å²) in [4.78, 5) is 66.7. The van der Waals surface area contributed by atoms with Gasteiger partial charge >= 0.3 is 18.0 Å². The molecule has 1 aromatic rings. The monoisotopic (exact) mass is 1120 g/mol. The van der Waals surface area contributed by atoms with Crippen LogP contribution in [-0.4, -0.2) is 184 Å². The van der Waals surface area contributed by atoms with E-state index in [1.54, 1.807) is 34.6 Å². The Labute approximate surface area is 468 Å². The third-order valence-electron chi connectivity index (χ3n) is 16.2. The van der Waals surface area contributed by atoms with E-state index in [0.29, 0.717) is 13.0 Å². The van der Waals surface area contributed by atoms with Crippen LogP contribution >= 0.6 is 0 Å². The van der Waals surface area contributed by atoms with Gasteiger partial charge in [-0.3, -0.25) is 14.4 Å². The fourth-order valence-corrected chi connectivity index (χ4v) is 11.8. The minimum absolute atomic E-state index is 0.00973. The van der Waals surface area contributed by atoms with Crippen molar-refractivity contribution in [2.45, 2.75) is 220 Å². The molecule has 450 valence electrons. The van der Waals surface area contributed by atoms with Gasteiger partial charge in [0.2, 0.25) is 0 Å². The number of benzene rings is 1. The summed E-state index contributed by atoms with van der Waals surface area (Å²) in [7, 11) is 6.31. The molecule has 22 atom stereocenters. The Bertz CT molecular complexity index is 2120. The molecule has 1 aromatic carbocycles. The zero-order valence-electron chi connectivity index (χ0n) is 49.9. The number of oxime groups is 1. The Balaban J connectivity index is 1.70. The van der Waals surface area contributed by atoms with Gasteiger partial charge in [0, 0.05) is 70.4 Å². The number of nitrogens with one attached hydrogen (secondary N) is 1. The quantitative estimate of drug-likeness (QED) is 0.0892. The van der Waals surface area contributed by atoms with Gasteiger partial charge in [-0.25, -0.2) is 4.79 Å². The summed E-state index contributed by atoms with van der Waals surface area (Å²) in [6.45, 7) is 24.0. The molecule has 0 saturated carbocycles. The Kier molecular flexibility index (Phi) is 25.0. The molecule has 0 radical (unpaired) electrons. The van der Waals surface area contributed by atoms with Crippen LogP contribution in [0.2, 0.25) is 0 Å². The van der Waals surface area contributed by atoms with Crippen LogP contribution in [0.3, 0.4) is 0 Å². The number of carbonyl (C=O) groups is 4. The van der Waals surface area contributed by atoms with Crippen molar-refractivity contribution in [1.29, 1.82) is 0 Å². The number of ether oxygens (including phenoxy) is 11. The second-order valence-electron chi connectivity index (χ2n) is 23.5. The molecule has 4 aliphatic rings. The summed E-state index contributed by atoms with van der Waals surface area (Å²) in [6, 6.07) is 9.25. The lowest BCUT2D eigenvalue weighted by Crippen LogP contribution is -2.59. The molecule has 0 spiro atoms. The fraction of sp³-hybridized carbons (Fsp3) is 0.810. The molecule has 21 nitrogen and oxygen atoms in total. The number of hydrogen-bond donors (Lipinski definition) is 3. The average molecular weight is 1120 g/mol.